The third kappa shape index (κ3) is 5.29. The van der Waals surface area contributed by atoms with Crippen molar-refractivity contribution in [3.8, 4) is 0 Å². The van der Waals surface area contributed by atoms with Crippen molar-refractivity contribution in [2.45, 2.75) is 33.2 Å². The molecule has 120 valence electrons. The molecule has 0 saturated heterocycles. The molecule has 0 aromatic heterocycles. The average Bonchev–Trinajstić information content (AvgIpc) is 2.45. The Labute approximate surface area is 130 Å². The van der Waals surface area contributed by atoms with E-state index in [1.165, 1.54) is 6.92 Å². The second-order valence-electron chi connectivity index (χ2n) is 5.17. The zero-order valence-corrected chi connectivity index (χ0v) is 13.1. The highest BCUT2D eigenvalue weighted by Gasteiger charge is 2.22. The van der Waals surface area contributed by atoms with E-state index in [0.717, 1.165) is 6.42 Å². The molecule has 1 unspecified atom stereocenters. The smallest absolute Gasteiger partial charge is 0.317 e. The number of amides is 1. The van der Waals surface area contributed by atoms with Gasteiger partial charge in [-0.25, -0.2) is 0 Å². The third-order valence-electron chi connectivity index (χ3n) is 3.31. The minimum Gasteiger partial charge on any atom is -0.480 e. The Morgan fingerprint density at radius 3 is 2.55 bits per heavy atom. The number of carbonyl (C=O) groups excluding carboxylic acids is 2. The minimum atomic E-state index is -0.966. The van der Waals surface area contributed by atoms with Crippen LogP contribution in [0.25, 0.3) is 0 Å². The quantitative estimate of drug-likeness (QED) is 0.717. The maximum Gasteiger partial charge on any atom is 0.317 e. The van der Waals surface area contributed by atoms with Crippen molar-refractivity contribution in [1.29, 1.82) is 0 Å². The molecule has 0 spiro atoms. The predicted octanol–water partition coefficient (Wildman–Crippen LogP) is 2.01. The van der Waals surface area contributed by atoms with Crippen molar-refractivity contribution in [3.05, 3.63) is 29.8 Å². The maximum absolute atomic E-state index is 12.3. The predicted molar refractivity (Wildman–Crippen MR) is 84.0 cm³/mol. The molecule has 6 nitrogen and oxygen atoms in total. The molecule has 0 aliphatic heterocycles. The molecule has 1 atom stereocenters. The van der Waals surface area contributed by atoms with Crippen LogP contribution in [0, 0.1) is 0 Å². The first-order valence-corrected chi connectivity index (χ1v) is 7.22. The topological polar surface area (TPSA) is 86.7 Å². The average molecular weight is 306 g/mol. The van der Waals surface area contributed by atoms with Gasteiger partial charge in [-0.3, -0.25) is 19.3 Å². The van der Waals surface area contributed by atoms with Gasteiger partial charge in [0, 0.05) is 11.3 Å². The van der Waals surface area contributed by atoms with Gasteiger partial charge in [0.2, 0.25) is 5.91 Å². The lowest BCUT2D eigenvalue weighted by molar-refractivity contribution is -0.139. The Balaban J connectivity index is 2.79. The van der Waals surface area contributed by atoms with E-state index in [2.05, 4.69) is 5.32 Å². The van der Waals surface area contributed by atoms with E-state index in [4.69, 9.17) is 5.11 Å². The molecule has 1 aromatic rings. The van der Waals surface area contributed by atoms with E-state index >= 15 is 0 Å². The van der Waals surface area contributed by atoms with Gasteiger partial charge in [-0.2, -0.15) is 0 Å². The second-order valence-corrected chi connectivity index (χ2v) is 5.17. The molecule has 0 fully saturated rings. The Morgan fingerprint density at radius 1 is 1.32 bits per heavy atom. The van der Waals surface area contributed by atoms with E-state index in [-0.39, 0.29) is 18.2 Å². The monoisotopic (exact) mass is 306 g/mol. The molecule has 0 bridgehead atoms. The summed E-state index contributed by atoms with van der Waals surface area (Å²) in [6.45, 7) is 5.39. The highest BCUT2D eigenvalue weighted by Crippen LogP contribution is 2.12. The molecule has 2 N–H and O–H groups in total. The van der Waals surface area contributed by atoms with Crippen LogP contribution in [0.1, 0.15) is 37.6 Å². The van der Waals surface area contributed by atoms with Crippen molar-refractivity contribution in [2.75, 3.05) is 18.4 Å². The van der Waals surface area contributed by atoms with E-state index in [9.17, 15) is 14.4 Å². The summed E-state index contributed by atoms with van der Waals surface area (Å²) in [5, 5.41) is 11.6. The summed E-state index contributed by atoms with van der Waals surface area (Å²) in [5.41, 5.74) is 1.04. The molecule has 0 heterocycles. The molecular weight excluding hydrogens is 284 g/mol. The van der Waals surface area contributed by atoms with Crippen LogP contribution in [-0.4, -0.2) is 46.8 Å². The van der Waals surface area contributed by atoms with Crippen LogP contribution in [-0.2, 0) is 9.59 Å². The van der Waals surface area contributed by atoms with E-state index in [1.807, 2.05) is 6.92 Å². The number of nitrogens with zero attached hydrogens (tertiary/aromatic N) is 1. The first kappa shape index (κ1) is 17.8. The number of hydrogen-bond donors (Lipinski definition) is 2. The van der Waals surface area contributed by atoms with Crippen LogP contribution in [0.4, 0.5) is 5.69 Å². The number of carboxylic acids is 1. The van der Waals surface area contributed by atoms with Crippen LogP contribution < -0.4 is 5.32 Å². The lowest BCUT2D eigenvalue weighted by Crippen LogP contribution is -2.44. The molecule has 0 aliphatic rings. The van der Waals surface area contributed by atoms with Crippen LogP contribution in [0.2, 0.25) is 0 Å². The van der Waals surface area contributed by atoms with E-state index in [1.54, 1.807) is 36.1 Å². The van der Waals surface area contributed by atoms with Crippen LogP contribution in [0.3, 0.4) is 0 Å². The van der Waals surface area contributed by atoms with Crippen molar-refractivity contribution < 1.29 is 19.5 Å². The Morgan fingerprint density at radius 2 is 2.00 bits per heavy atom. The number of benzene rings is 1. The first-order chi connectivity index (χ1) is 10.3. The fraction of sp³-hybridized carbons (Fsp3) is 0.438. The Bertz CT molecular complexity index is 557. The summed E-state index contributed by atoms with van der Waals surface area (Å²) in [4.78, 5) is 36.1. The summed E-state index contributed by atoms with van der Waals surface area (Å²) < 4.78 is 0. The number of ketones is 1. The first-order valence-electron chi connectivity index (χ1n) is 7.22. The zero-order chi connectivity index (χ0) is 16.7. The Kier molecular flexibility index (Phi) is 6.72. The van der Waals surface area contributed by atoms with Gasteiger partial charge < -0.3 is 10.4 Å². The molecule has 1 rings (SSSR count). The fourth-order valence-corrected chi connectivity index (χ4v) is 2.10. The molecule has 22 heavy (non-hydrogen) atoms. The molecule has 0 radical (unpaired) electrons. The van der Waals surface area contributed by atoms with Crippen molar-refractivity contribution in [3.63, 3.8) is 0 Å². The number of anilines is 1. The molecule has 0 aliphatic carbocycles. The number of hydrogen-bond acceptors (Lipinski definition) is 4. The van der Waals surface area contributed by atoms with Gasteiger partial charge in [-0.15, -0.1) is 0 Å². The van der Waals surface area contributed by atoms with Gasteiger partial charge in [-0.05, 0) is 38.9 Å². The number of aliphatic carboxylic acids is 1. The normalized spacial score (nSPS) is 12.0. The van der Waals surface area contributed by atoms with Crippen LogP contribution >= 0.6 is 0 Å². The SMILES string of the molecule is CCCN(CC(=O)O)C(C)C(=O)Nc1cccc(C(C)=O)c1. The van der Waals surface area contributed by atoms with Gasteiger partial charge in [0.15, 0.2) is 5.78 Å². The maximum atomic E-state index is 12.3. The number of rotatable bonds is 8. The van der Waals surface area contributed by atoms with Crippen molar-refractivity contribution in [1.82, 2.24) is 4.90 Å². The van der Waals surface area contributed by atoms with Crippen molar-refractivity contribution >= 4 is 23.3 Å². The zero-order valence-electron chi connectivity index (χ0n) is 13.1. The highest BCUT2D eigenvalue weighted by molar-refractivity contribution is 5.98. The van der Waals surface area contributed by atoms with E-state index in [0.29, 0.717) is 17.8 Å². The highest BCUT2D eigenvalue weighted by atomic mass is 16.4. The summed E-state index contributed by atoms with van der Waals surface area (Å²) in [5.74, 6) is -1.34. The third-order valence-corrected chi connectivity index (χ3v) is 3.31. The van der Waals surface area contributed by atoms with Gasteiger partial charge in [-0.1, -0.05) is 19.1 Å². The van der Waals surface area contributed by atoms with Gasteiger partial charge >= 0.3 is 5.97 Å². The number of carboxylic acid groups (broad SMARTS) is 1. The van der Waals surface area contributed by atoms with Gasteiger partial charge in [0.1, 0.15) is 0 Å². The fourth-order valence-electron chi connectivity index (χ4n) is 2.10. The number of carbonyl (C=O) groups is 3. The molecule has 0 saturated carbocycles. The largest absolute Gasteiger partial charge is 0.480 e. The summed E-state index contributed by atoms with van der Waals surface area (Å²) >= 11 is 0. The molecular formula is C16H22N2O4. The van der Waals surface area contributed by atoms with E-state index < -0.39 is 12.0 Å². The molecule has 1 aromatic carbocycles. The van der Waals surface area contributed by atoms with Gasteiger partial charge in [0.05, 0.1) is 12.6 Å². The summed E-state index contributed by atoms with van der Waals surface area (Å²) in [6.07, 6.45) is 0.755. The number of Topliss-reactive ketones (excluding diaryl/α,β-unsaturated/α-hetero) is 1. The second kappa shape index (κ2) is 8.29. The van der Waals surface area contributed by atoms with Gasteiger partial charge in [0.25, 0.3) is 0 Å². The minimum absolute atomic E-state index is 0.0809. The lowest BCUT2D eigenvalue weighted by Gasteiger charge is -2.26. The molecule has 1 amide bonds. The summed E-state index contributed by atoms with van der Waals surface area (Å²) in [6, 6.07) is 6.09. The van der Waals surface area contributed by atoms with Crippen LogP contribution in [0.5, 0.6) is 0 Å². The lowest BCUT2D eigenvalue weighted by atomic mass is 10.1. The number of nitrogens with one attached hydrogen (secondary N) is 1. The van der Waals surface area contributed by atoms with Crippen LogP contribution in [0.15, 0.2) is 24.3 Å². The van der Waals surface area contributed by atoms with Crippen molar-refractivity contribution in [2.24, 2.45) is 0 Å². The summed E-state index contributed by atoms with van der Waals surface area (Å²) in [7, 11) is 0. The Hall–Kier alpha value is -2.21. The molecule has 6 heteroatoms. The standard InChI is InChI=1S/C16H22N2O4/c1-4-8-18(10-15(20)21)11(2)16(22)17-14-7-5-6-13(9-14)12(3)19/h5-7,9,11H,4,8,10H2,1-3H3,(H,17,22)(H,20,21).